The van der Waals surface area contributed by atoms with E-state index in [2.05, 4.69) is 6.92 Å². The lowest BCUT2D eigenvalue weighted by molar-refractivity contribution is -0.668. The maximum atomic E-state index is 11.5. The molecule has 0 radical (unpaired) electrons. The van der Waals surface area contributed by atoms with Crippen molar-refractivity contribution in [3.63, 3.8) is 0 Å². The molecule has 0 unspecified atom stereocenters. The molecule has 0 aliphatic heterocycles. The first-order chi connectivity index (χ1) is 17.0. The Labute approximate surface area is 211 Å². The van der Waals surface area contributed by atoms with Crippen LogP contribution in [0.25, 0.3) is 11.0 Å². The number of carbonyl (C=O) groups is 2. The molecule has 0 saturated carbocycles. The van der Waals surface area contributed by atoms with Gasteiger partial charge in [-0.2, -0.15) is 0 Å². The molecule has 1 aromatic heterocycles. The highest BCUT2D eigenvalue weighted by molar-refractivity contribution is 5.74. The lowest BCUT2D eigenvalue weighted by atomic mass is 10.0. The summed E-state index contributed by atoms with van der Waals surface area (Å²) in [6.45, 7) is 2.52. The van der Waals surface area contributed by atoms with Crippen LogP contribution in [0.4, 0.5) is 0 Å². The molecule has 2 aromatic rings. The summed E-state index contributed by atoms with van der Waals surface area (Å²) in [5, 5.41) is 18.7. The number of carboxylic acid groups (broad SMARTS) is 2. The Morgan fingerprint density at radius 2 is 1.26 bits per heavy atom. The Morgan fingerprint density at radius 3 is 1.77 bits per heavy atom. The van der Waals surface area contributed by atoms with Gasteiger partial charge >= 0.3 is 11.9 Å². The molecule has 1 heterocycles. The quantitative estimate of drug-likeness (QED) is 0.148. The molecule has 196 valence electrons. The third kappa shape index (κ3) is 10.8. The van der Waals surface area contributed by atoms with Crippen LogP contribution >= 0.6 is 0 Å². The fourth-order valence-corrected chi connectivity index (χ4v) is 5.04. The number of aryl methyl sites for hydroxylation is 1. The van der Waals surface area contributed by atoms with Crippen LogP contribution in [-0.2, 0) is 29.1 Å². The molecule has 2 N–H and O–H groups in total. The van der Waals surface area contributed by atoms with Crippen LogP contribution < -0.4 is 4.57 Å². The average Bonchev–Trinajstić information content (AvgIpc) is 3.12. The molecule has 0 aliphatic carbocycles. The smallest absolute Gasteiger partial charge is 0.346 e. The molecule has 0 fully saturated rings. The molecule has 6 nitrogen and oxygen atoms in total. The van der Waals surface area contributed by atoms with E-state index in [0.717, 1.165) is 36.1 Å². The van der Waals surface area contributed by atoms with E-state index in [9.17, 15) is 19.8 Å². The predicted molar refractivity (Wildman–Crippen MR) is 141 cm³/mol. The highest BCUT2D eigenvalue weighted by Crippen LogP contribution is 2.18. The number of para-hydroxylation sites is 2. The third-order valence-corrected chi connectivity index (χ3v) is 6.93. The highest BCUT2D eigenvalue weighted by atomic mass is 16.4. The van der Waals surface area contributed by atoms with Crippen molar-refractivity contribution in [3.8, 4) is 0 Å². The standard InChI is InChI=1S/C29H46N2O4/c1-2-3-4-5-6-7-8-9-10-11-12-13-14-15-16-21-27-30(23-22-28(32)33)25-19-17-18-20-26(25)31(27)24-29(34)35/h17-20H,2-16,21-24H2,1H3,(H-,32,33,34,35)/p+1. The second-order valence-corrected chi connectivity index (χ2v) is 9.88. The van der Waals surface area contributed by atoms with Crippen molar-refractivity contribution in [2.45, 2.75) is 129 Å². The van der Waals surface area contributed by atoms with Crippen molar-refractivity contribution in [3.05, 3.63) is 30.1 Å². The van der Waals surface area contributed by atoms with E-state index < -0.39 is 11.9 Å². The summed E-state index contributed by atoms with van der Waals surface area (Å²) in [4.78, 5) is 22.7. The Balaban J connectivity index is 1.72. The topological polar surface area (TPSA) is 83.4 Å². The predicted octanol–water partition coefficient (Wildman–Crippen LogP) is 6.90. The zero-order valence-corrected chi connectivity index (χ0v) is 21.8. The summed E-state index contributed by atoms with van der Waals surface area (Å²) in [5.74, 6) is -0.802. The van der Waals surface area contributed by atoms with Crippen molar-refractivity contribution in [2.24, 2.45) is 0 Å². The number of hydrogen-bond acceptors (Lipinski definition) is 2. The molecule has 0 atom stereocenters. The van der Waals surface area contributed by atoms with Gasteiger partial charge in [0.2, 0.25) is 0 Å². The lowest BCUT2D eigenvalue weighted by Gasteiger charge is -2.05. The van der Waals surface area contributed by atoms with Gasteiger partial charge in [-0.05, 0) is 18.6 Å². The van der Waals surface area contributed by atoms with E-state index in [4.69, 9.17) is 0 Å². The number of aromatic nitrogens is 2. The van der Waals surface area contributed by atoms with Crippen LogP contribution in [-0.4, -0.2) is 26.7 Å². The van der Waals surface area contributed by atoms with Gasteiger partial charge in [-0.3, -0.25) is 4.79 Å². The van der Waals surface area contributed by atoms with Crippen molar-refractivity contribution < 1.29 is 24.4 Å². The van der Waals surface area contributed by atoms with E-state index in [1.54, 1.807) is 0 Å². The monoisotopic (exact) mass is 487 g/mol. The lowest BCUT2D eigenvalue weighted by Crippen LogP contribution is -2.41. The summed E-state index contributed by atoms with van der Waals surface area (Å²) in [6, 6.07) is 7.69. The first kappa shape index (κ1) is 28.9. The second-order valence-electron chi connectivity index (χ2n) is 9.88. The number of benzene rings is 1. The number of unbranched alkanes of at least 4 members (excludes halogenated alkanes) is 14. The minimum Gasteiger partial charge on any atom is -0.481 e. The van der Waals surface area contributed by atoms with Crippen molar-refractivity contribution >= 4 is 23.0 Å². The third-order valence-electron chi connectivity index (χ3n) is 6.93. The summed E-state index contributed by atoms with van der Waals surface area (Å²) in [6.07, 6.45) is 20.4. The minimum atomic E-state index is -0.881. The summed E-state index contributed by atoms with van der Waals surface area (Å²) in [5.41, 5.74) is 1.77. The molecular formula is C29H47N2O4+. The number of rotatable bonds is 21. The Kier molecular flexibility index (Phi) is 14.1. The number of nitrogens with zero attached hydrogens (tertiary/aromatic N) is 2. The van der Waals surface area contributed by atoms with Crippen LogP contribution in [0.2, 0.25) is 0 Å². The largest absolute Gasteiger partial charge is 0.481 e. The number of carboxylic acids is 2. The zero-order valence-electron chi connectivity index (χ0n) is 21.8. The van der Waals surface area contributed by atoms with Crippen molar-refractivity contribution in [2.75, 3.05) is 0 Å². The number of hydrogen-bond donors (Lipinski definition) is 2. The molecule has 1 aromatic carbocycles. The Morgan fingerprint density at radius 1 is 0.743 bits per heavy atom. The zero-order chi connectivity index (χ0) is 25.3. The van der Waals surface area contributed by atoms with E-state index in [0.29, 0.717) is 6.54 Å². The number of imidazole rings is 1. The maximum Gasteiger partial charge on any atom is 0.346 e. The van der Waals surface area contributed by atoms with E-state index in [1.165, 1.54) is 83.5 Å². The number of fused-ring (bicyclic) bond motifs is 1. The Bertz CT molecular complexity index is 890. The molecule has 2 rings (SSSR count). The van der Waals surface area contributed by atoms with Gasteiger partial charge in [0.1, 0.15) is 6.54 Å². The fourth-order valence-electron chi connectivity index (χ4n) is 5.04. The second kappa shape index (κ2) is 17.1. The van der Waals surface area contributed by atoms with Crippen LogP contribution in [0.15, 0.2) is 24.3 Å². The van der Waals surface area contributed by atoms with Crippen molar-refractivity contribution in [1.29, 1.82) is 0 Å². The Hall–Kier alpha value is -2.37. The normalized spacial score (nSPS) is 11.3. The molecule has 0 amide bonds. The van der Waals surface area contributed by atoms with Gasteiger partial charge in [0.25, 0.3) is 5.82 Å². The van der Waals surface area contributed by atoms with Gasteiger partial charge in [0.05, 0.1) is 6.42 Å². The molecule has 6 heteroatoms. The summed E-state index contributed by atoms with van der Waals surface area (Å²) < 4.78 is 3.86. The van der Waals surface area contributed by atoms with Gasteiger partial charge in [0, 0.05) is 6.42 Å². The van der Waals surface area contributed by atoms with E-state index >= 15 is 0 Å². The van der Waals surface area contributed by atoms with Gasteiger partial charge in [-0.1, -0.05) is 109 Å². The van der Waals surface area contributed by atoms with Crippen LogP contribution in [0.3, 0.4) is 0 Å². The van der Waals surface area contributed by atoms with Crippen LogP contribution in [0, 0.1) is 0 Å². The first-order valence-corrected chi connectivity index (χ1v) is 14.0. The minimum absolute atomic E-state index is 0.0254. The molecule has 0 aliphatic rings. The van der Waals surface area contributed by atoms with Gasteiger partial charge < -0.3 is 10.2 Å². The van der Waals surface area contributed by atoms with Gasteiger partial charge in [-0.15, -0.1) is 0 Å². The SMILES string of the molecule is CCCCCCCCCCCCCCCCCc1n(CCC(=O)O)c2ccccc2[n+]1CC(=O)O. The van der Waals surface area contributed by atoms with Crippen molar-refractivity contribution in [1.82, 2.24) is 4.57 Å². The maximum absolute atomic E-state index is 11.5. The van der Waals surface area contributed by atoms with E-state index in [1.807, 2.05) is 33.4 Å². The fraction of sp³-hybridized carbons (Fsp3) is 0.690. The van der Waals surface area contributed by atoms with Gasteiger partial charge in [0.15, 0.2) is 17.6 Å². The van der Waals surface area contributed by atoms with E-state index in [-0.39, 0.29) is 13.0 Å². The van der Waals surface area contributed by atoms with Crippen LogP contribution in [0.5, 0.6) is 0 Å². The highest BCUT2D eigenvalue weighted by Gasteiger charge is 2.26. The average molecular weight is 488 g/mol. The molecule has 35 heavy (non-hydrogen) atoms. The molecular weight excluding hydrogens is 440 g/mol. The molecule has 0 spiro atoms. The molecule has 0 saturated heterocycles. The summed E-state index contributed by atoms with van der Waals surface area (Å²) in [7, 11) is 0. The first-order valence-electron chi connectivity index (χ1n) is 14.0. The summed E-state index contributed by atoms with van der Waals surface area (Å²) >= 11 is 0. The van der Waals surface area contributed by atoms with Crippen LogP contribution in [0.1, 0.15) is 115 Å². The van der Waals surface area contributed by atoms with Gasteiger partial charge in [-0.25, -0.2) is 13.9 Å². The number of aliphatic carboxylic acids is 2. The molecule has 0 bridgehead atoms.